The first-order valence-electron chi connectivity index (χ1n) is 4.61. The highest BCUT2D eigenvalue weighted by molar-refractivity contribution is 7.80. The zero-order chi connectivity index (χ0) is 14.1. The quantitative estimate of drug-likeness (QED) is 0.327. The smallest absolute Gasteiger partial charge is 0.397 e. The summed E-state index contributed by atoms with van der Waals surface area (Å²) < 4.78 is 36.4. The molecular formula is C9H19NO6S. The van der Waals surface area contributed by atoms with Crippen LogP contribution in [0.5, 0.6) is 0 Å². The summed E-state index contributed by atoms with van der Waals surface area (Å²) >= 11 is 0. The molecule has 0 saturated heterocycles. The normalized spacial score (nSPS) is 10.5. The Morgan fingerprint density at radius 3 is 2.00 bits per heavy atom. The molecule has 0 aromatic rings. The number of esters is 1. The molecule has 0 bridgehead atoms. The number of carbonyl (C=O) groups is 1. The van der Waals surface area contributed by atoms with Crippen molar-refractivity contribution in [2.24, 2.45) is 0 Å². The highest BCUT2D eigenvalue weighted by Gasteiger charge is 2.06. The third-order valence-electron chi connectivity index (χ3n) is 0.897. The molecule has 0 atom stereocenters. The van der Waals surface area contributed by atoms with Gasteiger partial charge in [-0.05, 0) is 28.1 Å². The topological polar surface area (TPSA) is 93.1 Å². The number of carbonyl (C=O) groups excluding carboxylic acids is 1. The first kappa shape index (κ1) is 18.4. The van der Waals surface area contributed by atoms with Crippen molar-refractivity contribution in [1.82, 2.24) is 4.90 Å². The molecule has 0 heterocycles. The van der Waals surface area contributed by atoms with E-state index in [4.69, 9.17) is 4.55 Å². The van der Waals surface area contributed by atoms with Gasteiger partial charge in [-0.1, -0.05) is 6.58 Å². The van der Waals surface area contributed by atoms with E-state index in [9.17, 15) is 13.2 Å². The molecule has 1 N–H and O–H groups in total. The van der Waals surface area contributed by atoms with Crippen LogP contribution in [-0.4, -0.2) is 58.2 Å². The maximum atomic E-state index is 10.7. The Morgan fingerprint density at radius 1 is 1.29 bits per heavy atom. The summed E-state index contributed by atoms with van der Waals surface area (Å²) in [6.07, 6.45) is 0. The van der Waals surface area contributed by atoms with Gasteiger partial charge in [-0.25, -0.2) is 8.98 Å². The van der Waals surface area contributed by atoms with Crippen molar-refractivity contribution in [2.75, 3.05) is 34.4 Å². The molecule has 0 radical (unpaired) electrons. The summed E-state index contributed by atoms with van der Waals surface area (Å²) in [7, 11) is 1.54. The second kappa shape index (κ2) is 9.11. The van der Waals surface area contributed by atoms with E-state index in [0.717, 1.165) is 0 Å². The van der Waals surface area contributed by atoms with Gasteiger partial charge in [0.05, 0.1) is 0 Å². The molecule has 0 aliphatic heterocycles. The minimum atomic E-state index is -4.46. The summed E-state index contributed by atoms with van der Waals surface area (Å²) in [4.78, 5) is 12.7. The van der Waals surface area contributed by atoms with E-state index in [0.29, 0.717) is 0 Å². The predicted molar refractivity (Wildman–Crippen MR) is 62.9 cm³/mol. The number of hydrogen-bond acceptors (Lipinski definition) is 6. The lowest BCUT2D eigenvalue weighted by Gasteiger charge is -2.02. The van der Waals surface area contributed by atoms with E-state index >= 15 is 0 Å². The monoisotopic (exact) mass is 269 g/mol. The second-order valence-corrected chi connectivity index (χ2v) is 4.60. The molecule has 0 fully saturated rings. The van der Waals surface area contributed by atoms with Crippen molar-refractivity contribution in [2.45, 2.75) is 6.92 Å². The predicted octanol–water partition coefficient (Wildman–Crippen LogP) is 0.103. The lowest BCUT2D eigenvalue weighted by molar-refractivity contribution is -0.139. The molecule has 0 spiro atoms. The summed E-state index contributed by atoms with van der Waals surface area (Å²) in [5.74, 6) is -0.640. The van der Waals surface area contributed by atoms with Crippen LogP contribution in [-0.2, 0) is 24.1 Å². The Morgan fingerprint density at radius 2 is 1.71 bits per heavy atom. The fourth-order valence-electron chi connectivity index (χ4n) is 0.397. The van der Waals surface area contributed by atoms with Gasteiger partial charge in [0, 0.05) is 5.57 Å². The van der Waals surface area contributed by atoms with Gasteiger partial charge in [0.1, 0.15) is 13.2 Å². The summed E-state index contributed by atoms with van der Waals surface area (Å²) in [6, 6.07) is 0. The first-order chi connectivity index (χ1) is 7.56. The summed E-state index contributed by atoms with van der Waals surface area (Å²) in [5.41, 5.74) is 0.201. The molecule has 8 heteroatoms. The molecule has 0 aliphatic rings. The van der Waals surface area contributed by atoms with Gasteiger partial charge in [-0.15, -0.1) is 0 Å². The lowest BCUT2D eigenvalue weighted by Crippen LogP contribution is -2.13. The minimum absolute atomic E-state index is 0.201. The van der Waals surface area contributed by atoms with Crippen LogP contribution in [0.4, 0.5) is 0 Å². The van der Waals surface area contributed by atoms with E-state index < -0.39 is 23.0 Å². The van der Waals surface area contributed by atoms with E-state index in [1.54, 1.807) is 0 Å². The Bertz CT molecular complexity index is 333. The second-order valence-electron chi connectivity index (χ2n) is 3.51. The average molecular weight is 269 g/mol. The molecule has 0 saturated carbocycles. The molecule has 102 valence electrons. The largest absolute Gasteiger partial charge is 0.460 e. The molecule has 0 unspecified atom stereocenters. The van der Waals surface area contributed by atoms with Crippen LogP contribution >= 0.6 is 0 Å². The standard InChI is InChI=1S/C6H10O6S.C3H9N/c1-5(2)6(7)11-3-4-12-13(8,9)10;1-4(2)3/h1,3-4H2,2H3,(H,8,9,10);1-3H3. The number of ether oxygens (including phenoxy) is 1. The zero-order valence-electron chi connectivity index (χ0n) is 10.5. The Kier molecular flexibility index (Phi) is 9.86. The zero-order valence-corrected chi connectivity index (χ0v) is 11.3. The third kappa shape index (κ3) is 21.0. The Labute approximate surface area is 102 Å². The van der Waals surface area contributed by atoms with Gasteiger partial charge in [0.2, 0.25) is 0 Å². The van der Waals surface area contributed by atoms with Crippen molar-refractivity contribution < 1.29 is 26.7 Å². The molecule has 0 aromatic heterocycles. The highest BCUT2D eigenvalue weighted by atomic mass is 32.3. The molecule has 0 amide bonds. The van der Waals surface area contributed by atoms with Crippen molar-refractivity contribution >= 4 is 16.4 Å². The maximum Gasteiger partial charge on any atom is 0.397 e. The van der Waals surface area contributed by atoms with Gasteiger partial charge in [0.25, 0.3) is 0 Å². The van der Waals surface area contributed by atoms with Crippen LogP contribution in [0, 0.1) is 0 Å². The van der Waals surface area contributed by atoms with E-state index in [2.05, 4.69) is 15.5 Å². The first-order valence-corrected chi connectivity index (χ1v) is 5.98. The summed E-state index contributed by atoms with van der Waals surface area (Å²) in [5, 5.41) is 0. The fraction of sp³-hybridized carbons (Fsp3) is 0.667. The minimum Gasteiger partial charge on any atom is -0.460 e. The van der Waals surface area contributed by atoms with Gasteiger partial charge >= 0.3 is 16.4 Å². The SMILES string of the molecule is C=C(C)C(=O)OCCOS(=O)(=O)O.CN(C)C. The van der Waals surface area contributed by atoms with Gasteiger partial charge in [0.15, 0.2) is 0 Å². The van der Waals surface area contributed by atoms with Crippen molar-refractivity contribution in [3.8, 4) is 0 Å². The molecule has 0 aromatic carbocycles. The molecule has 17 heavy (non-hydrogen) atoms. The summed E-state index contributed by atoms with van der Waals surface area (Å²) in [6.45, 7) is 4.07. The van der Waals surface area contributed by atoms with Crippen LogP contribution in [0.3, 0.4) is 0 Å². The van der Waals surface area contributed by atoms with Gasteiger partial charge in [-0.2, -0.15) is 8.42 Å². The Balaban J connectivity index is 0. The average Bonchev–Trinajstić information content (AvgIpc) is 2.09. The van der Waals surface area contributed by atoms with Gasteiger partial charge in [-0.3, -0.25) is 4.55 Å². The van der Waals surface area contributed by atoms with Crippen molar-refractivity contribution in [1.29, 1.82) is 0 Å². The van der Waals surface area contributed by atoms with E-state index in [1.807, 2.05) is 26.0 Å². The molecule has 0 rings (SSSR count). The maximum absolute atomic E-state index is 10.7. The van der Waals surface area contributed by atoms with Crippen LogP contribution in [0.25, 0.3) is 0 Å². The fourth-order valence-corrected chi connectivity index (χ4v) is 0.676. The van der Waals surface area contributed by atoms with Crippen LogP contribution in [0.2, 0.25) is 0 Å². The van der Waals surface area contributed by atoms with Crippen LogP contribution in [0.1, 0.15) is 6.92 Å². The van der Waals surface area contributed by atoms with E-state index in [1.165, 1.54) is 6.92 Å². The number of nitrogens with zero attached hydrogens (tertiary/aromatic N) is 1. The number of rotatable bonds is 5. The van der Waals surface area contributed by atoms with Crippen LogP contribution < -0.4 is 0 Å². The van der Waals surface area contributed by atoms with Crippen LogP contribution in [0.15, 0.2) is 12.2 Å². The van der Waals surface area contributed by atoms with Crippen molar-refractivity contribution in [3.63, 3.8) is 0 Å². The Hall–Kier alpha value is -0.960. The number of hydrogen-bond donors (Lipinski definition) is 1. The lowest BCUT2D eigenvalue weighted by atomic mass is 10.4. The molecular weight excluding hydrogens is 250 g/mol. The molecule has 7 nitrogen and oxygen atoms in total. The van der Waals surface area contributed by atoms with E-state index in [-0.39, 0.29) is 12.2 Å². The molecule has 0 aliphatic carbocycles. The van der Waals surface area contributed by atoms with Crippen molar-refractivity contribution in [3.05, 3.63) is 12.2 Å². The van der Waals surface area contributed by atoms with Gasteiger partial charge < -0.3 is 9.64 Å². The highest BCUT2D eigenvalue weighted by Crippen LogP contribution is 1.92. The third-order valence-corrected chi connectivity index (χ3v) is 1.36.